The molecule has 0 saturated carbocycles. The molecular formula is C13H22N4O3. The second-order valence-electron chi connectivity index (χ2n) is 5.07. The molecule has 0 aromatic carbocycles. The zero-order valence-electron chi connectivity index (χ0n) is 12.4. The number of carbonyl (C=O) groups is 2. The summed E-state index contributed by atoms with van der Waals surface area (Å²) in [7, 11) is 1.82. The van der Waals surface area contributed by atoms with Gasteiger partial charge in [0.2, 0.25) is 0 Å². The van der Waals surface area contributed by atoms with Gasteiger partial charge in [0.05, 0.1) is 6.20 Å². The van der Waals surface area contributed by atoms with Crippen molar-refractivity contribution >= 4 is 12.0 Å². The first-order valence-electron chi connectivity index (χ1n) is 6.57. The minimum atomic E-state index is -1.25. The highest BCUT2D eigenvalue weighted by Crippen LogP contribution is 2.12. The zero-order chi connectivity index (χ0) is 15.3. The Hall–Kier alpha value is -2.05. The van der Waals surface area contributed by atoms with Crippen LogP contribution >= 0.6 is 0 Å². The Morgan fingerprint density at radius 2 is 2.15 bits per heavy atom. The Morgan fingerprint density at radius 1 is 1.50 bits per heavy atom. The third kappa shape index (κ3) is 3.72. The summed E-state index contributed by atoms with van der Waals surface area (Å²) >= 11 is 0. The van der Waals surface area contributed by atoms with Gasteiger partial charge in [0.15, 0.2) is 0 Å². The van der Waals surface area contributed by atoms with Gasteiger partial charge in [-0.1, -0.05) is 13.3 Å². The predicted molar refractivity (Wildman–Crippen MR) is 74.3 cm³/mol. The largest absolute Gasteiger partial charge is 0.480 e. The molecule has 3 N–H and O–H groups in total. The van der Waals surface area contributed by atoms with E-state index in [4.69, 9.17) is 0 Å². The first kappa shape index (κ1) is 16.0. The minimum absolute atomic E-state index is 0.313. The third-order valence-electron chi connectivity index (χ3n) is 3.39. The molecule has 1 aromatic rings. The molecule has 0 saturated heterocycles. The van der Waals surface area contributed by atoms with Crippen molar-refractivity contribution in [2.75, 3.05) is 0 Å². The van der Waals surface area contributed by atoms with Crippen LogP contribution in [0, 0.1) is 6.92 Å². The van der Waals surface area contributed by atoms with Crippen LogP contribution in [0.1, 0.15) is 37.9 Å². The maximum Gasteiger partial charge on any atom is 0.329 e. The van der Waals surface area contributed by atoms with Crippen LogP contribution < -0.4 is 10.6 Å². The molecule has 1 rings (SSSR count). The lowest BCUT2D eigenvalue weighted by Crippen LogP contribution is -2.55. The first-order chi connectivity index (χ1) is 9.30. The molecule has 0 fully saturated rings. The molecule has 0 spiro atoms. The van der Waals surface area contributed by atoms with Gasteiger partial charge in [-0.05, 0) is 20.3 Å². The summed E-state index contributed by atoms with van der Waals surface area (Å²) in [6.07, 6.45) is 2.73. The van der Waals surface area contributed by atoms with Crippen LogP contribution in [0.2, 0.25) is 0 Å². The molecule has 0 aliphatic heterocycles. The van der Waals surface area contributed by atoms with E-state index in [2.05, 4.69) is 15.7 Å². The SMILES string of the molecule is CCCC(C)(NC(=O)NCc1cnn(C)c1C)C(=O)O. The van der Waals surface area contributed by atoms with Crippen LogP contribution in [0.3, 0.4) is 0 Å². The lowest BCUT2D eigenvalue weighted by atomic mass is 9.97. The maximum atomic E-state index is 11.8. The fourth-order valence-corrected chi connectivity index (χ4v) is 1.91. The molecular weight excluding hydrogens is 260 g/mol. The van der Waals surface area contributed by atoms with Crippen LogP contribution in [0.15, 0.2) is 6.20 Å². The Balaban J connectivity index is 2.59. The van der Waals surface area contributed by atoms with Gasteiger partial charge >= 0.3 is 12.0 Å². The fraction of sp³-hybridized carbons (Fsp3) is 0.615. The average Bonchev–Trinajstić information content (AvgIpc) is 2.67. The van der Waals surface area contributed by atoms with Crippen molar-refractivity contribution in [1.29, 1.82) is 0 Å². The molecule has 0 aliphatic carbocycles. The van der Waals surface area contributed by atoms with Gasteiger partial charge in [0.25, 0.3) is 0 Å². The summed E-state index contributed by atoms with van der Waals surface area (Å²) in [5.74, 6) is -1.04. The first-order valence-corrected chi connectivity index (χ1v) is 6.57. The number of nitrogens with one attached hydrogen (secondary N) is 2. The quantitative estimate of drug-likeness (QED) is 0.729. The number of hydrogen-bond acceptors (Lipinski definition) is 3. The highest BCUT2D eigenvalue weighted by molar-refractivity contribution is 5.85. The topological polar surface area (TPSA) is 96.3 Å². The van der Waals surface area contributed by atoms with Crippen molar-refractivity contribution in [3.63, 3.8) is 0 Å². The number of amides is 2. The standard InChI is InChI=1S/C13H22N4O3/c1-5-6-13(3,11(18)19)16-12(20)14-7-10-8-15-17(4)9(10)2/h8H,5-7H2,1-4H3,(H,18,19)(H2,14,16,20). The summed E-state index contributed by atoms with van der Waals surface area (Å²) in [6, 6.07) is -0.494. The van der Waals surface area contributed by atoms with Gasteiger partial charge in [0, 0.05) is 24.8 Å². The zero-order valence-corrected chi connectivity index (χ0v) is 12.4. The number of urea groups is 1. The fourth-order valence-electron chi connectivity index (χ4n) is 1.91. The van der Waals surface area contributed by atoms with Crippen LogP contribution in [0.5, 0.6) is 0 Å². The van der Waals surface area contributed by atoms with Gasteiger partial charge in [-0.25, -0.2) is 9.59 Å². The number of rotatable bonds is 6. The molecule has 20 heavy (non-hydrogen) atoms. The Kier molecular flexibility index (Phi) is 5.12. The number of aryl methyl sites for hydroxylation is 1. The molecule has 112 valence electrons. The lowest BCUT2D eigenvalue weighted by molar-refractivity contribution is -0.144. The Bertz CT molecular complexity index is 498. The number of aliphatic carboxylic acids is 1. The second kappa shape index (κ2) is 6.40. The lowest BCUT2D eigenvalue weighted by Gasteiger charge is -2.25. The number of aromatic nitrogens is 2. The predicted octanol–water partition coefficient (Wildman–Crippen LogP) is 1.17. The van der Waals surface area contributed by atoms with E-state index in [9.17, 15) is 14.7 Å². The Labute approximate surface area is 118 Å². The molecule has 0 bridgehead atoms. The molecule has 1 atom stereocenters. The van der Waals surface area contributed by atoms with Crippen molar-refractivity contribution in [2.45, 2.75) is 45.7 Å². The van der Waals surface area contributed by atoms with Crippen molar-refractivity contribution in [3.8, 4) is 0 Å². The minimum Gasteiger partial charge on any atom is -0.480 e. The number of carboxylic acids is 1. The molecule has 1 unspecified atom stereocenters. The Morgan fingerprint density at radius 3 is 2.60 bits per heavy atom. The van der Waals surface area contributed by atoms with Crippen molar-refractivity contribution in [1.82, 2.24) is 20.4 Å². The summed E-state index contributed by atoms with van der Waals surface area (Å²) in [6.45, 7) is 5.60. The van der Waals surface area contributed by atoms with Gasteiger partial charge < -0.3 is 15.7 Å². The molecule has 7 nitrogen and oxygen atoms in total. The van der Waals surface area contributed by atoms with Crippen LogP contribution in [-0.2, 0) is 18.4 Å². The van der Waals surface area contributed by atoms with Gasteiger partial charge in [-0.15, -0.1) is 0 Å². The molecule has 0 radical (unpaired) electrons. The van der Waals surface area contributed by atoms with E-state index in [0.29, 0.717) is 19.4 Å². The number of nitrogens with zero attached hydrogens (tertiary/aromatic N) is 2. The van der Waals surface area contributed by atoms with E-state index < -0.39 is 17.5 Å². The molecule has 0 aliphatic rings. The van der Waals surface area contributed by atoms with E-state index in [1.807, 2.05) is 20.9 Å². The van der Waals surface area contributed by atoms with Crippen molar-refractivity contribution in [2.24, 2.45) is 7.05 Å². The monoisotopic (exact) mass is 282 g/mol. The van der Waals surface area contributed by atoms with Crippen LogP contribution in [-0.4, -0.2) is 32.4 Å². The van der Waals surface area contributed by atoms with Crippen LogP contribution in [0.25, 0.3) is 0 Å². The van der Waals surface area contributed by atoms with E-state index in [0.717, 1.165) is 11.3 Å². The van der Waals surface area contributed by atoms with E-state index in [1.54, 1.807) is 10.9 Å². The number of hydrogen-bond donors (Lipinski definition) is 3. The second-order valence-corrected chi connectivity index (χ2v) is 5.07. The van der Waals surface area contributed by atoms with Gasteiger partial charge in [0.1, 0.15) is 5.54 Å². The molecule has 1 heterocycles. The smallest absolute Gasteiger partial charge is 0.329 e. The summed E-state index contributed by atoms with van der Waals surface area (Å²) in [4.78, 5) is 23.0. The van der Waals surface area contributed by atoms with Gasteiger partial charge in [-0.3, -0.25) is 4.68 Å². The van der Waals surface area contributed by atoms with E-state index in [1.165, 1.54) is 6.92 Å². The maximum absolute atomic E-state index is 11.8. The van der Waals surface area contributed by atoms with Crippen molar-refractivity contribution < 1.29 is 14.7 Å². The third-order valence-corrected chi connectivity index (χ3v) is 3.39. The normalized spacial score (nSPS) is 13.6. The summed E-state index contributed by atoms with van der Waals surface area (Å²) < 4.78 is 1.72. The molecule has 7 heteroatoms. The number of carboxylic acid groups (broad SMARTS) is 1. The number of carbonyl (C=O) groups excluding carboxylic acids is 1. The average molecular weight is 282 g/mol. The highest BCUT2D eigenvalue weighted by Gasteiger charge is 2.33. The van der Waals surface area contributed by atoms with E-state index >= 15 is 0 Å². The highest BCUT2D eigenvalue weighted by atomic mass is 16.4. The van der Waals surface area contributed by atoms with E-state index in [-0.39, 0.29) is 0 Å². The van der Waals surface area contributed by atoms with Gasteiger partial charge in [-0.2, -0.15) is 5.10 Å². The van der Waals surface area contributed by atoms with Crippen molar-refractivity contribution in [3.05, 3.63) is 17.5 Å². The molecule has 2 amide bonds. The summed E-state index contributed by atoms with van der Waals surface area (Å²) in [5.41, 5.74) is 0.609. The van der Waals surface area contributed by atoms with Crippen LogP contribution in [0.4, 0.5) is 4.79 Å². The molecule has 1 aromatic heterocycles. The summed E-state index contributed by atoms with van der Waals surface area (Å²) in [5, 5.41) is 18.4.